The fraction of sp³-hybridized carbons (Fsp3) is 0.562. The van der Waals surface area contributed by atoms with Crippen LogP contribution >= 0.6 is 11.6 Å². The summed E-state index contributed by atoms with van der Waals surface area (Å²) in [4.78, 5) is 14.4. The molecule has 0 aromatic heterocycles. The van der Waals surface area contributed by atoms with E-state index in [-0.39, 0.29) is 5.78 Å². The van der Waals surface area contributed by atoms with E-state index in [0.29, 0.717) is 29.5 Å². The van der Waals surface area contributed by atoms with Gasteiger partial charge in [-0.2, -0.15) is 0 Å². The summed E-state index contributed by atoms with van der Waals surface area (Å²) in [6.45, 7) is 7.64. The summed E-state index contributed by atoms with van der Waals surface area (Å²) < 4.78 is 5.12. The Labute approximate surface area is 126 Å². The van der Waals surface area contributed by atoms with Crippen molar-refractivity contribution in [1.29, 1.82) is 0 Å². The molecule has 1 rings (SSSR count). The molecule has 0 fully saturated rings. The maximum absolute atomic E-state index is 12.1. The SMILES string of the molecule is COCCN(CCC(=O)c1cccc(Cl)c1)CC(C)C. The van der Waals surface area contributed by atoms with E-state index in [1.165, 1.54) is 0 Å². The maximum atomic E-state index is 12.1. The topological polar surface area (TPSA) is 29.5 Å². The number of halogens is 1. The number of hydrogen-bond donors (Lipinski definition) is 0. The van der Waals surface area contributed by atoms with Gasteiger partial charge in [0.25, 0.3) is 0 Å². The average Bonchev–Trinajstić information content (AvgIpc) is 2.41. The van der Waals surface area contributed by atoms with Crippen molar-refractivity contribution in [1.82, 2.24) is 4.90 Å². The first-order chi connectivity index (χ1) is 9.52. The zero-order chi connectivity index (χ0) is 15.0. The van der Waals surface area contributed by atoms with Gasteiger partial charge in [-0.1, -0.05) is 37.6 Å². The Morgan fingerprint density at radius 1 is 1.35 bits per heavy atom. The van der Waals surface area contributed by atoms with Gasteiger partial charge in [0.05, 0.1) is 6.61 Å². The molecule has 1 aromatic carbocycles. The molecule has 20 heavy (non-hydrogen) atoms. The van der Waals surface area contributed by atoms with Gasteiger partial charge in [0, 0.05) is 43.8 Å². The van der Waals surface area contributed by atoms with Crippen LogP contribution in [0.4, 0.5) is 0 Å². The van der Waals surface area contributed by atoms with Crippen LogP contribution in [0, 0.1) is 5.92 Å². The Balaban J connectivity index is 2.51. The van der Waals surface area contributed by atoms with E-state index in [2.05, 4.69) is 18.7 Å². The van der Waals surface area contributed by atoms with Crippen molar-refractivity contribution < 1.29 is 9.53 Å². The highest BCUT2D eigenvalue weighted by molar-refractivity contribution is 6.31. The molecule has 1 aromatic rings. The lowest BCUT2D eigenvalue weighted by atomic mass is 10.1. The highest BCUT2D eigenvalue weighted by Crippen LogP contribution is 2.12. The lowest BCUT2D eigenvalue weighted by molar-refractivity contribution is 0.0941. The molecule has 0 spiro atoms. The molecule has 0 amide bonds. The molecule has 0 aliphatic rings. The second-order valence-electron chi connectivity index (χ2n) is 5.37. The number of hydrogen-bond acceptors (Lipinski definition) is 3. The van der Waals surface area contributed by atoms with Crippen LogP contribution in [0.3, 0.4) is 0 Å². The van der Waals surface area contributed by atoms with Crippen LogP contribution in [0.25, 0.3) is 0 Å². The molecule has 4 heteroatoms. The van der Waals surface area contributed by atoms with Crippen molar-refractivity contribution in [3.05, 3.63) is 34.9 Å². The van der Waals surface area contributed by atoms with Gasteiger partial charge in [0.15, 0.2) is 5.78 Å². The smallest absolute Gasteiger partial charge is 0.164 e. The molecule has 0 N–H and O–H groups in total. The normalized spacial score (nSPS) is 11.3. The van der Waals surface area contributed by atoms with E-state index in [1.807, 2.05) is 12.1 Å². The van der Waals surface area contributed by atoms with Gasteiger partial charge in [-0.05, 0) is 18.1 Å². The van der Waals surface area contributed by atoms with Crippen molar-refractivity contribution in [2.24, 2.45) is 5.92 Å². The molecule has 0 atom stereocenters. The van der Waals surface area contributed by atoms with Crippen molar-refractivity contribution in [3.8, 4) is 0 Å². The fourth-order valence-electron chi connectivity index (χ4n) is 2.10. The Kier molecular flexibility index (Phi) is 7.82. The van der Waals surface area contributed by atoms with Gasteiger partial charge in [-0.25, -0.2) is 0 Å². The number of ether oxygens (including phenoxy) is 1. The number of carbonyl (C=O) groups is 1. The summed E-state index contributed by atoms with van der Waals surface area (Å²) in [6.07, 6.45) is 0.511. The third kappa shape index (κ3) is 6.51. The summed E-state index contributed by atoms with van der Waals surface area (Å²) in [5, 5.41) is 0.606. The van der Waals surface area contributed by atoms with E-state index in [1.54, 1.807) is 19.2 Å². The van der Waals surface area contributed by atoms with Crippen LogP contribution in [0.1, 0.15) is 30.6 Å². The highest BCUT2D eigenvalue weighted by atomic mass is 35.5. The standard InChI is InChI=1S/C16H24ClNO2/c1-13(2)12-18(9-10-20-3)8-7-16(19)14-5-4-6-15(17)11-14/h4-6,11,13H,7-10,12H2,1-3H3. The summed E-state index contributed by atoms with van der Waals surface area (Å²) in [7, 11) is 1.70. The number of Topliss-reactive ketones (excluding diaryl/α,β-unsaturated/α-hetero) is 1. The van der Waals surface area contributed by atoms with Crippen molar-refractivity contribution in [2.45, 2.75) is 20.3 Å². The summed E-state index contributed by atoms with van der Waals surface area (Å²) >= 11 is 5.91. The second kappa shape index (κ2) is 9.11. The lowest BCUT2D eigenvalue weighted by Crippen LogP contribution is -2.33. The number of carbonyl (C=O) groups excluding carboxylic acids is 1. The first-order valence-electron chi connectivity index (χ1n) is 7.03. The molecule has 0 bridgehead atoms. The van der Waals surface area contributed by atoms with Crippen molar-refractivity contribution in [2.75, 3.05) is 33.4 Å². The molecular formula is C16H24ClNO2. The molecular weight excluding hydrogens is 274 g/mol. The minimum atomic E-state index is 0.138. The van der Waals surface area contributed by atoms with Crippen LogP contribution in [0.15, 0.2) is 24.3 Å². The van der Waals surface area contributed by atoms with Crippen molar-refractivity contribution >= 4 is 17.4 Å². The van der Waals surface area contributed by atoms with Gasteiger partial charge >= 0.3 is 0 Å². The van der Waals surface area contributed by atoms with E-state index >= 15 is 0 Å². The Hall–Kier alpha value is -0.900. The largest absolute Gasteiger partial charge is 0.383 e. The summed E-state index contributed by atoms with van der Waals surface area (Å²) in [5.41, 5.74) is 0.689. The molecule has 3 nitrogen and oxygen atoms in total. The lowest BCUT2D eigenvalue weighted by Gasteiger charge is -2.23. The monoisotopic (exact) mass is 297 g/mol. The molecule has 0 heterocycles. The number of ketones is 1. The van der Waals surface area contributed by atoms with Crippen LogP contribution in [0.2, 0.25) is 5.02 Å². The van der Waals surface area contributed by atoms with E-state index < -0.39 is 0 Å². The molecule has 0 unspecified atom stereocenters. The van der Waals surface area contributed by atoms with E-state index in [0.717, 1.165) is 19.6 Å². The van der Waals surface area contributed by atoms with Gasteiger partial charge in [-0.15, -0.1) is 0 Å². The molecule has 112 valence electrons. The summed E-state index contributed by atoms with van der Waals surface area (Å²) in [6, 6.07) is 7.14. The number of nitrogens with zero attached hydrogens (tertiary/aromatic N) is 1. The number of benzene rings is 1. The van der Waals surface area contributed by atoms with E-state index in [9.17, 15) is 4.79 Å². The van der Waals surface area contributed by atoms with Gasteiger partial charge < -0.3 is 9.64 Å². The average molecular weight is 298 g/mol. The van der Waals surface area contributed by atoms with Crippen LogP contribution in [-0.2, 0) is 4.74 Å². The Morgan fingerprint density at radius 3 is 2.70 bits per heavy atom. The van der Waals surface area contributed by atoms with Gasteiger partial charge in [-0.3, -0.25) is 4.79 Å². The molecule has 0 saturated carbocycles. The predicted octanol–water partition coefficient (Wildman–Crippen LogP) is 3.52. The highest BCUT2D eigenvalue weighted by Gasteiger charge is 2.11. The number of rotatable bonds is 9. The second-order valence-corrected chi connectivity index (χ2v) is 5.81. The number of methoxy groups -OCH3 is 1. The third-order valence-corrected chi connectivity index (χ3v) is 3.27. The molecule has 0 aliphatic heterocycles. The first-order valence-corrected chi connectivity index (χ1v) is 7.40. The summed E-state index contributed by atoms with van der Waals surface area (Å²) in [5.74, 6) is 0.715. The fourth-order valence-corrected chi connectivity index (χ4v) is 2.29. The zero-order valence-electron chi connectivity index (χ0n) is 12.6. The zero-order valence-corrected chi connectivity index (χ0v) is 13.3. The minimum Gasteiger partial charge on any atom is -0.383 e. The van der Waals surface area contributed by atoms with Crippen LogP contribution in [-0.4, -0.2) is 44.0 Å². The van der Waals surface area contributed by atoms with E-state index in [4.69, 9.17) is 16.3 Å². The molecule has 0 radical (unpaired) electrons. The Bertz CT molecular complexity index is 421. The first kappa shape index (κ1) is 17.2. The van der Waals surface area contributed by atoms with Crippen LogP contribution < -0.4 is 0 Å². The molecule has 0 saturated heterocycles. The third-order valence-electron chi connectivity index (χ3n) is 3.04. The quantitative estimate of drug-likeness (QED) is 0.653. The Morgan fingerprint density at radius 2 is 2.10 bits per heavy atom. The van der Waals surface area contributed by atoms with Crippen LogP contribution in [0.5, 0.6) is 0 Å². The maximum Gasteiger partial charge on any atom is 0.164 e. The van der Waals surface area contributed by atoms with Crippen molar-refractivity contribution in [3.63, 3.8) is 0 Å². The minimum absolute atomic E-state index is 0.138. The van der Waals surface area contributed by atoms with Gasteiger partial charge in [0.2, 0.25) is 0 Å². The van der Waals surface area contributed by atoms with Gasteiger partial charge in [0.1, 0.15) is 0 Å². The molecule has 0 aliphatic carbocycles. The predicted molar refractivity (Wildman–Crippen MR) is 83.6 cm³/mol.